The van der Waals surface area contributed by atoms with Crippen LogP contribution in [0.1, 0.15) is 12.8 Å². The second-order valence-electron chi connectivity index (χ2n) is 4.41. The molecule has 0 unspecified atom stereocenters. The number of aryl methyl sites for hydroxylation is 1. The number of hydrazine groups is 1. The van der Waals surface area contributed by atoms with E-state index < -0.39 is 0 Å². The van der Waals surface area contributed by atoms with Gasteiger partial charge in [0.25, 0.3) is 0 Å². The molecule has 1 fully saturated rings. The number of hydrogen-bond acceptors (Lipinski definition) is 9. The van der Waals surface area contributed by atoms with Gasteiger partial charge in [-0.2, -0.15) is 15.0 Å². The maximum Gasteiger partial charge on any atom is 0.242 e. The molecule has 0 spiro atoms. The predicted molar refractivity (Wildman–Crippen MR) is 74.2 cm³/mol. The number of nitrogens with zero attached hydrogens (tertiary/aromatic N) is 7. The molecule has 10 heteroatoms. The SMILES string of the molecule is Cn1cnnc1Sc1nc(NN)nc(N2CCCC2)n1. The van der Waals surface area contributed by atoms with E-state index in [1.54, 1.807) is 10.9 Å². The Hall–Kier alpha value is -1.94. The zero-order chi connectivity index (χ0) is 13.9. The molecule has 1 aliphatic heterocycles. The Morgan fingerprint density at radius 3 is 2.70 bits per heavy atom. The molecule has 3 rings (SSSR count). The maximum atomic E-state index is 5.43. The quantitative estimate of drug-likeness (QED) is 0.596. The van der Waals surface area contributed by atoms with E-state index in [1.165, 1.54) is 11.8 Å². The highest BCUT2D eigenvalue weighted by atomic mass is 32.2. The minimum absolute atomic E-state index is 0.353. The largest absolute Gasteiger partial charge is 0.341 e. The van der Waals surface area contributed by atoms with Crippen molar-refractivity contribution in [2.24, 2.45) is 12.9 Å². The molecular formula is C10H15N9S. The number of anilines is 2. The molecule has 0 atom stereocenters. The van der Waals surface area contributed by atoms with Gasteiger partial charge >= 0.3 is 0 Å². The first kappa shape index (κ1) is 13.1. The van der Waals surface area contributed by atoms with Gasteiger partial charge in [-0.1, -0.05) is 0 Å². The monoisotopic (exact) mass is 293 g/mol. The van der Waals surface area contributed by atoms with E-state index in [-0.39, 0.29) is 0 Å². The first-order valence-electron chi connectivity index (χ1n) is 6.26. The van der Waals surface area contributed by atoms with Crippen LogP contribution < -0.4 is 16.2 Å². The summed E-state index contributed by atoms with van der Waals surface area (Å²) in [4.78, 5) is 15.1. The van der Waals surface area contributed by atoms with E-state index in [0.29, 0.717) is 22.2 Å². The fourth-order valence-electron chi connectivity index (χ4n) is 1.96. The lowest BCUT2D eigenvalue weighted by molar-refractivity contribution is 0.778. The molecule has 0 amide bonds. The van der Waals surface area contributed by atoms with Crippen molar-refractivity contribution >= 4 is 23.7 Å². The number of nitrogens with two attached hydrogens (primary N) is 1. The summed E-state index contributed by atoms with van der Waals surface area (Å²) >= 11 is 1.33. The summed E-state index contributed by atoms with van der Waals surface area (Å²) in [5.41, 5.74) is 2.48. The van der Waals surface area contributed by atoms with Gasteiger partial charge in [0.15, 0.2) is 5.16 Å². The van der Waals surface area contributed by atoms with Gasteiger partial charge in [0.2, 0.25) is 17.1 Å². The van der Waals surface area contributed by atoms with Gasteiger partial charge in [0.05, 0.1) is 0 Å². The molecule has 106 valence electrons. The second-order valence-corrected chi connectivity index (χ2v) is 5.34. The smallest absolute Gasteiger partial charge is 0.242 e. The van der Waals surface area contributed by atoms with Crippen molar-refractivity contribution in [3.63, 3.8) is 0 Å². The number of nitrogens with one attached hydrogen (secondary N) is 1. The zero-order valence-electron chi connectivity index (χ0n) is 11.0. The lowest BCUT2D eigenvalue weighted by Crippen LogP contribution is -2.22. The number of aromatic nitrogens is 6. The van der Waals surface area contributed by atoms with Crippen molar-refractivity contribution in [3.05, 3.63) is 6.33 Å². The zero-order valence-corrected chi connectivity index (χ0v) is 11.8. The van der Waals surface area contributed by atoms with Crippen molar-refractivity contribution in [1.29, 1.82) is 0 Å². The van der Waals surface area contributed by atoms with Gasteiger partial charge in [-0.15, -0.1) is 10.2 Å². The molecule has 9 nitrogen and oxygen atoms in total. The average Bonchev–Trinajstić information content (AvgIpc) is 3.11. The second kappa shape index (κ2) is 5.59. The van der Waals surface area contributed by atoms with Crippen LogP contribution in [0.2, 0.25) is 0 Å². The summed E-state index contributed by atoms with van der Waals surface area (Å²) in [6.07, 6.45) is 3.94. The van der Waals surface area contributed by atoms with Gasteiger partial charge in [-0.05, 0) is 24.6 Å². The Morgan fingerprint density at radius 2 is 2.05 bits per heavy atom. The minimum Gasteiger partial charge on any atom is -0.341 e. The molecule has 0 saturated carbocycles. The van der Waals surface area contributed by atoms with Crippen LogP contribution in [-0.4, -0.2) is 42.8 Å². The van der Waals surface area contributed by atoms with Gasteiger partial charge in [-0.3, -0.25) is 5.43 Å². The van der Waals surface area contributed by atoms with Crippen LogP contribution in [-0.2, 0) is 7.05 Å². The van der Waals surface area contributed by atoms with Crippen LogP contribution in [0.3, 0.4) is 0 Å². The Morgan fingerprint density at radius 1 is 1.25 bits per heavy atom. The van der Waals surface area contributed by atoms with E-state index in [2.05, 4.69) is 35.5 Å². The van der Waals surface area contributed by atoms with Crippen LogP contribution >= 0.6 is 11.8 Å². The molecule has 1 aliphatic rings. The third-order valence-corrected chi connectivity index (χ3v) is 3.89. The van der Waals surface area contributed by atoms with E-state index in [4.69, 9.17) is 5.84 Å². The van der Waals surface area contributed by atoms with Gasteiger partial charge < -0.3 is 9.47 Å². The summed E-state index contributed by atoms with van der Waals surface area (Å²) in [5.74, 6) is 6.43. The summed E-state index contributed by atoms with van der Waals surface area (Å²) in [5, 5.41) is 9.10. The molecule has 0 bridgehead atoms. The molecule has 1 saturated heterocycles. The molecule has 0 aliphatic carbocycles. The number of rotatable bonds is 4. The van der Waals surface area contributed by atoms with Crippen molar-refractivity contribution < 1.29 is 0 Å². The normalized spacial score (nSPS) is 14.8. The van der Waals surface area contributed by atoms with Crippen LogP contribution in [0, 0.1) is 0 Å². The summed E-state index contributed by atoms with van der Waals surface area (Å²) in [6.45, 7) is 1.92. The van der Waals surface area contributed by atoms with Crippen molar-refractivity contribution in [1.82, 2.24) is 29.7 Å². The van der Waals surface area contributed by atoms with E-state index >= 15 is 0 Å². The van der Waals surface area contributed by atoms with Crippen LogP contribution in [0.4, 0.5) is 11.9 Å². The number of hydrogen-bond donors (Lipinski definition) is 2. The topological polar surface area (TPSA) is 111 Å². The predicted octanol–water partition coefficient (Wildman–Crippen LogP) is 0.0371. The standard InChI is InChI=1S/C10H15N9S/c1-18-6-12-17-10(18)20-9-14-7(16-11)13-8(15-9)19-4-2-3-5-19/h6H,2-5,11H2,1H3,(H,13,14,15,16). The lowest BCUT2D eigenvalue weighted by atomic mass is 10.4. The van der Waals surface area contributed by atoms with Gasteiger partial charge in [-0.25, -0.2) is 5.84 Å². The minimum atomic E-state index is 0.353. The number of nitrogen functional groups attached to an aromatic ring is 1. The Bertz CT molecular complexity index is 592. The molecule has 2 aromatic rings. The fraction of sp³-hybridized carbons (Fsp3) is 0.500. The van der Waals surface area contributed by atoms with E-state index in [1.807, 2.05) is 7.05 Å². The van der Waals surface area contributed by atoms with Crippen LogP contribution in [0.5, 0.6) is 0 Å². The maximum absolute atomic E-state index is 5.43. The molecule has 0 aromatic carbocycles. The Balaban J connectivity index is 1.89. The van der Waals surface area contributed by atoms with Gasteiger partial charge in [0.1, 0.15) is 6.33 Å². The van der Waals surface area contributed by atoms with E-state index in [9.17, 15) is 0 Å². The van der Waals surface area contributed by atoms with E-state index in [0.717, 1.165) is 25.9 Å². The molecule has 0 radical (unpaired) electrons. The Kier molecular flexibility index (Phi) is 3.65. The molecule has 3 heterocycles. The fourth-order valence-corrected chi connectivity index (χ4v) is 2.66. The third-order valence-electron chi connectivity index (χ3n) is 2.97. The Labute approximate surface area is 120 Å². The summed E-state index contributed by atoms with van der Waals surface area (Å²) < 4.78 is 1.81. The molecule has 20 heavy (non-hydrogen) atoms. The van der Waals surface area contributed by atoms with Crippen molar-refractivity contribution in [2.45, 2.75) is 23.2 Å². The molecule has 3 N–H and O–H groups in total. The van der Waals surface area contributed by atoms with Crippen LogP contribution in [0.25, 0.3) is 0 Å². The van der Waals surface area contributed by atoms with Gasteiger partial charge in [0, 0.05) is 20.1 Å². The van der Waals surface area contributed by atoms with Crippen LogP contribution in [0.15, 0.2) is 16.6 Å². The lowest BCUT2D eigenvalue weighted by Gasteiger charge is -2.15. The average molecular weight is 293 g/mol. The van der Waals surface area contributed by atoms with Crippen molar-refractivity contribution in [3.8, 4) is 0 Å². The summed E-state index contributed by atoms with van der Waals surface area (Å²) in [6, 6.07) is 0. The highest BCUT2D eigenvalue weighted by Crippen LogP contribution is 2.25. The third kappa shape index (κ3) is 2.65. The summed E-state index contributed by atoms with van der Waals surface area (Å²) in [7, 11) is 1.87. The molecule has 2 aromatic heterocycles. The highest BCUT2D eigenvalue weighted by molar-refractivity contribution is 7.99. The first-order valence-corrected chi connectivity index (χ1v) is 7.07. The molecular weight excluding hydrogens is 278 g/mol. The van der Waals surface area contributed by atoms with Crippen molar-refractivity contribution in [2.75, 3.05) is 23.4 Å². The first-order chi connectivity index (χ1) is 9.76. The highest BCUT2D eigenvalue weighted by Gasteiger charge is 2.18.